The van der Waals surface area contributed by atoms with Crippen molar-refractivity contribution in [2.75, 3.05) is 6.61 Å². The maximum absolute atomic E-state index is 9.41. The molecule has 2 nitrogen and oxygen atoms in total. The zero-order valence-corrected chi connectivity index (χ0v) is 7.94. The first-order chi connectivity index (χ1) is 6.33. The van der Waals surface area contributed by atoms with Crippen LogP contribution in [0.5, 0.6) is 0 Å². The molecular formula is C11H16O2. The van der Waals surface area contributed by atoms with Crippen LogP contribution in [-0.2, 0) is 11.2 Å². The van der Waals surface area contributed by atoms with Gasteiger partial charge >= 0.3 is 0 Å². The number of ether oxygens (including phenoxy) is 1. The van der Waals surface area contributed by atoms with Crippen molar-refractivity contribution >= 4 is 0 Å². The van der Waals surface area contributed by atoms with Gasteiger partial charge in [-0.15, -0.1) is 0 Å². The molecule has 1 aromatic rings. The zero-order valence-electron chi connectivity index (χ0n) is 7.94. The SMILES string of the molecule is CCCOC(O)Cc1ccccc1. The van der Waals surface area contributed by atoms with Gasteiger partial charge in [0.1, 0.15) is 0 Å². The van der Waals surface area contributed by atoms with Gasteiger partial charge in [-0.3, -0.25) is 0 Å². The van der Waals surface area contributed by atoms with Crippen molar-refractivity contribution in [2.45, 2.75) is 26.1 Å². The molecule has 0 spiro atoms. The Morgan fingerprint density at radius 2 is 2.00 bits per heavy atom. The minimum Gasteiger partial charge on any atom is -0.368 e. The lowest BCUT2D eigenvalue weighted by Crippen LogP contribution is -2.15. The second-order valence-corrected chi connectivity index (χ2v) is 3.02. The second kappa shape index (κ2) is 5.73. The standard InChI is InChI=1S/C11H16O2/c1-2-8-13-11(12)9-10-6-4-3-5-7-10/h3-7,11-12H,2,8-9H2,1H3. The fraction of sp³-hybridized carbons (Fsp3) is 0.455. The summed E-state index contributed by atoms with van der Waals surface area (Å²) >= 11 is 0. The van der Waals surface area contributed by atoms with Crippen LogP contribution >= 0.6 is 0 Å². The molecule has 0 aliphatic heterocycles. The molecular weight excluding hydrogens is 164 g/mol. The zero-order chi connectivity index (χ0) is 9.52. The molecule has 0 saturated carbocycles. The summed E-state index contributed by atoms with van der Waals surface area (Å²) in [6.07, 6.45) is 0.842. The average molecular weight is 180 g/mol. The molecule has 2 heteroatoms. The molecule has 0 aliphatic rings. The summed E-state index contributed by atoms with van der Waals surface area (Å²) in [5, 5.41) is 9.41. The first kappa shape index (κ1) is 10.2. The minimum atomic E-state index is -0.664. The van der Waals surface area contributed by atoms with Gasteiger partial charge in [-0.2, -0.15) is 0 Å². The van der Waals surface area contributed by atoms with Gasteiger partial charge in [0.2, 0.25) is 0 Å². The van der Waals surface area contributed by atoms with E-state index in [-0.39, 0.29) is 0 Å². The lowest BCUT2D eigenvalue weighted by Gasteiger charge is -2.10. The van der Waals surface area contributed by atoms with Crippen LogP contribution in [0.4, 0.5) is 0 Å². The Morgan fingerprint density at radius 1 is 1.31 bits per heavy atom. The number of rotatable bonds is 5. The van der Waals surface area contributed by atoms with Crippen molar-refractivity contribution in [3.8, 4) is 0 Å². The number of hydrogen-bond donors (Lipinski definition) is 1. The van der Waals surface area contributed by atoms with Crippen molar-refractivity contribution in [3.63, 3.8) is 0 Å². The predicted molar refractivity (Wildman–Crippen MR) is 52.4 cm³/mol. The summed E-state index contributed by atoms with van der Waals surface area (Å²) in [4.78, 5) is 0. The van der Waals surface area contributed by atoms with E-state index >= 15 is 0 Å². The lowest BCUT2D eigenvalue weighted by atomic mass is 10.1. The Hall–Kier alpha value is -0.860. The second-order valence-electron chi connectivity index (χ2n) is 3.02. The van der Waals surface area contributed by atoms with E-state index in [1.54, 1.807) is 0 Å². The monoisotopic (exact) mass is 180 g/mol. The largest absolute Gasteiger partial charge is 0.368 e. The van der Waals surface area contributed by atoms with Crippen LogP contribution in [0.3, 0.4) is 0 Å². The molecule has 0 fully saturated rings. The first-order valence-corrected chi connectivity index (χ1v) is 4.66. The highest BCUT2D eigenvalue weighted by atomic mass is 16.6. The van der Waals surface area contributed by atoms with Gasteiger partial charge in [-0.1, -0.05) is 37.3 Å². The summed E-state index contributed by atoms with van der Waals surface area (Å²) in [6, 6.07) is 9.85. The summed E-state index contributed by atoms with van der Waals surface area (Å²) in [5.41, 5.74) is 1.10. The van der Waals surface area contributed by atoms with Crippen molar-refractivity contribution in [2.24, 2.45) is 0 Å². The maximum Gasteiger partial charge on any atom is 0.158 e. The molecule has 0 bridgehead atoms. The summed E-state index contributed by atoms with van der Waals surface area (Å²) in [7, 11) is 0. The highest BCUT2D eigenvalue weighted by molar-refractivity contribution is 5.14. The van der Waals surface area contributed by atoms with Crippen molar-refractivity contribution in [1.82, 2.24) is 0 Å². The fourth-order valence-electron chi connectivity index (χ4n) is 1.13. The highest BCUT2D eigenvalue weighted by Crippen LogP contribution is 2.03. The summed E-state index contributed by atoms with van der Waals surface area (Å²) < 4.78 is 5.15. The Bertz CT molecular complexity index is 221. The van der Waals surface area contributed by atoms with Gasteiger partial charge in [0.05, 0.1) is 0 Å². The molecule has 0 heterocycles. The van der Waals surface area contributed by atoms with Crippen LogP contribution in [0.2, 0.25) is 0 Å². The molecule has 0 aromatic heterocycles. The summed E-state index contributed by atoms with van der Waals surface area (Å²) in [6.45, 7) is 2.64. The Morgan fingerprint density at radius 3 is 2.62 bits per heavy atom. The molecule has 0 radical (unpaired) electrons. The molecule has 1 N–H and O–H groups in total. The Labute approximate surface area is 79.2 Å². The van der Waals surface area contributed by atoms with Crippen LogP contribution in [0.15, 0.2) is 30.3 Å². The van der Waals surface area contributed by atoms with Gasteiger partial charge in [-0.05, 0) is 12.0 Å². The van der Waals surface area contributed by atoms with E-state index in [4.69, 9.17) is 4.74 Å². The number of hydrogen-bond acceptors (Lipinski definition) is 2. The number of aliphatic hydroxyl groups is 1. The molecule has 72 valence electrons. The van der Waals surface area contributed by atoms with E-state index in [1.165, 1.54) is 0 Å². The minimum absolute atomic E-state index is 0.570. The molecule has 1 rings (SSSR count). The third-order valence-corrected chi connectivity index (χ3v) is 1.77. The van der Waals surface area contributed by atoms with Crippen LogP contribution in [0.25, 0.3) is 0 Å². The van der Waals surface area contributed by atoms with E-state index in [9.17, 15) is 5.11 Å². The predicted octanol–water partition coefficient (Wildman–Crippen LogP) is 1.97. The van der Waals surface area contributed by atoms with Gasteiger partial charge < -0.3 is 9.84 Å². The molecule has 0 aliphatic carbocycles. The van der Waals surface area contributed by atoms with Gasteiger partial charge in [0, 0.05) is 13.0 Å². The van der Waals surface area contributed by atoms with Crippen molar-refractivity contribution < 1.29 is 9.84 Å². The van der Waals surface area contributed by atoms with Crippen molar-refractivity contribution in [3.05, 3.63) is 35.9 Å². The van der Waals surface area contributed by atoms with E-state index < -0.39 is 6.29 Å². The molecule has 0 amide bonds. The van der Waals surface area contributed by atoms with E-state index in [2.05, 4.69) is 0 Å². The summed E-state index contributed by atoms with van der Waals surface area (Å²) in [5.74, 6) is 0. The third-order valence-electron chi connectivity index (χ3n) is 1.77. The third kappa shape index (κ3) is 4.06. The quantitative estimate of drug-likeness (QED) is 0.702. The molecule has 13 heavy (non-hydrogen) atoms. The number of benzene rings is 1. The highest BCUT2D eigenvalue weighted by Gasteiger charge is 2.03. The fourth-order valence-corrected chi connectivity index (χ4v) is 1.13. The van der Waals surface area contributed by atoms with E-state index in [1.807, 2.05) is 37.3 Å². The normalized spacial score (nSPS) is 12.8. The maximum atomic E-state index is 9.41. The van der Waals surface area contributed by atoms with Crippen LogP contribution < -0.4 is 0 Å². The molecule has 1 aromatic carbocycles. The van der Waals surface area contributed by atoms with E-state index in [0.29, 0.717) is 13.0 Å². The van der Waals surface area contributed by atoms with Crippen LogP contribution in [0.1, 0.15) is 18.9 Å². The van der Waals surface area contributed by atoms with Gasteiger partial charge in [0.15, 0.2) is 6.29 Å². The molecule has 1 unspecified atom stereocenters. The lowest BCUT2D eigenvalue weighted by molar-refractivity contribution is -0.0971. The molecule has 0 saturated heterocycles. The Kier molecular flexibility index (Phi) is 4.50. The molecule has 1 atom stereocenters. The van der Waals surface area contributed by atoms with Gasteiger partial charge in [0.25, 0.3) is 0 Å². The Balaban J connectivity index is 2.32. The van der Waals surface area contributed by atoms with Gasteiger partial charge in [-0.25, -0.2) is 0 Å². The van der Waals surface area contributed by atoms with Crippen LogP contribution in [-0.4, -0.2) is 18.0 Å². The average Bonchev–Trinajstić information content (AvgIpc) is 2.16. The van der Waals surface area contributed by atoms with Crippen LogP contribution in [0, 0.1) is 0 Å². The van der Waals surface area contributed by atoms with Crippen molar-refractivity contribution in [1.29, 1.82) is 0 Å². The topological polar surface area (TPSA) is 29.5 Å². The smallest absolute Gasteiger partial charge is 0.158 e. The van der Waals surface area contributed by atoms with E-state index in [0.717, 1.165) is 12.0 Å². The first-order valence-electron chi connectivity index (χ1n) is 4.66. The number of aliphatic hydroxyl groups excluding tert-OH is 1.